The second-order valence-corrected chi connectivity index (χ2v) is 11.2. The maximum atomic E-state index is 12.1. The first-order valence-electron chi connectivity index (χ1n) is 7.65. The monoisotopic (exact) mass is 402 g/mol. The minimum absolute atomic E-state index is 0.0260. The molecule has 0 fully saturated rings. The maximum absolute atomic E-state index is 12.1. The Morgan fingerprint density at radius 3 is 2.16 bits per heavy atom. The lowest BCUT2D eigenvalue weighted by atomic mass is 10.2. The van der Waals surface area contributed by atoms with Gasteiger partial charge in [0.1, 0.15) is 0 Å². The van der Waals surface area contributed by atoms with E-state index in [0.29, 0.717) is 11.6 Å². The molecule has 0 unspecified atom stereocenters. The van der Waals surface area contributed by atoms with Crippen LogP contribution in [0.25, 0.3) is 0 Å². The van der Waals surface area contributed by atoms with E-state index in [1.165, 1.54) is 18.2 Å². The van der Waals surface area contributed by atoms with Gasteiger partial charge in [-0.3, -0.25) is 0 Å². The van der Waals surface area contributed by atoms with Gasteiger partial charge in [-0.15, -0.1) is 11.3 Å². The third-order valence-corrected chi connectivity index (χ3v) is 7.04. The molecule has 0 saturated heterocycles. The summed E-state index contributed by atoms with van der Waals surface area (Å²) in [6.07, 6.45) is 2.11. The third-order valence-electron chi connectivity index (χ3n) is 3.63. The zero-order valence-electron chi connectivity index (χ0n) is 14.8. The number of rotatable bonds is 6. The Labute approximate surface area is 153 Å². The van der Waals surface area contributed by atoms with Gasteiger partial charge in [0.2, 0.25) is 0 Å². The Kier molecular flexibility index (Phi) is 5.60. The van der Waals surface area contributed by atoms with Crippen LogP contribution in [0.1, 0.15) is 43.4 Å². The summed E-state index contributed by atoms with van der Waals surface area (Å²) >= 11 is 1.56. The molecule has 1 atom stereocenters. The lowest BCUT2D eigenvalue weighted by molar-refractivity contribution is 0.600. The Balaban J connectivity index is 2.41. The number of hydrogen-bond acceptors (Lipinski definition) is 7. The number of anilines is 1. The lowest BCUT2D eigenvalue weighted by Crippen LogP contribution is -2.12. The van der Waals surface area contributed by atoms with Crippen LogP contribution in [0.4, 0.5) is 5.69 Å². The smallest absolute Gasteiger partial charge is 0.177 e. The fraction of sp³-hybridized carbons (Fsp3) is 0.438. The molecule has 138 valence electrons. The van der Waals surface area contributed by atoms with Crippen molar-refractivity contribution in [3.05, 3.63) is 34.3 Å². The quantitative estimate of drug-likeness (QED) is 0.797. The lowest BCUT2D eigenvalue weighted by Gasteiger charge is -2.17. The molecule has 6 nitrogen and oxygen atoms in total. The second kappa shape index (κ2) is 7.05. The number of hydrogen-bond donors (Lipinski definition) is 1. The second-order valence-electron chi connectivity index (χ2n) is 6.33. The Morgan fingerprint density at radius 2 is 1.68 bits per heavy atom. The van der Waals surface area contributed by atoms with Crippen LogP contribution in [-0.2, 0) is 19.7 Å². The van der Waals surface area contributed by atoms with Crippen LogP contribution in [0.5, 0.6) is 0 Å². The fourth-order valence-corrected chi connectivity index (χ4v) is 4.75. The Hall–Kier alpha value is -1.45. The predicted octanol–water partition coefficient (Wildman–Crippen LogP) is 3.25. The number of aromatic nitrogens is 1. The fourth-order valence-electron chi connectivity index (χ4n) is 2.23. The maximum Gasteiger partial charge on any atom is 0.177 e. The van der Waals surface area contributed by atoms with Crippen LogP contribution >= 0.6 is 11.3 Å². The average molecular weight is 403 g/mol. The van der Waals surface area contributed by atoms with Gasteiger partial charge < -0.3 is 5.32 Å². The number of nitrogens with zero attached hydrogens (tertiary/aromatic N) is 1. The van der Waals surface area contributed by atoms with Crippen molar-refractivity contribution in [1.82, 2.24) is 4.98 Å². The zero-order valence-corrected chi connectivity index (χ0v) is 17.2. The topological polar surface area (TPSA) is 93.2 Å². The summed E-state index contributed by atoms with van der Waals surface area (Å²) < 4.78 is 47.6. The van der Waals surface area contributed by atoms with E-state index in [4.69, 9.17) is 0 Å². The van der Waals surface area contributed by atoms with Crippen molar-refractivity contribution >= 4 is 36.7 Å². The van der Waals surface area contributed by atoms with Crippen molar-refractivity contribution in [1.29, 1.82) is 0 Å². The number of sulfone groups is 2. The van der Waals surface area contributed by atoms with E-state index in [9.17, 15) is 16.8 Å². The van der Waals surface area contributed by atoms with Gasteiger partial charge in [0.15, 0.2) is 19.7 Å². The average Bonchev–Trinajstić information content (AvgIpc) is 2.95. The standard InChI is InChI=1S/C16H22N2O4S3/c1-10(2)16-18-14(9-23-16)11(3)17-13-7-6-12(24(4,19)20)8-15(13)25(5,21)22/h6-11,17H,1-5H3/t11-/m1/s1. The van der Waals surface area contributed by atoms with Crippen LogP contribution in [-0.4, -0.2) is 34.3 Å². The Bertz CT molecular complexity index is 977. The predicted molar refractivity (Wildman–Crippen MR) is 101 cm³/mol. The molecule has 2 rings (SSSR count). The molecule has 1 heterocycles. The highest BCUT2D eigenvalue weighted by Crippen LogP contribution is 2.30. The molecule has 0 bridgehead atoms. The molecule has 0 aliphatic rings. The van der Waals surface area contributed by atoms with E-state index in [0.717, 1.165) is 23.2 Å². The first-order chi connectivity index (χ1) is 11.4. The molecule has 1 aromatic heterocycles. The molecule has 0 aliphatic heterocycles. The van der Waals surface area contributed by atoms with Crippen molar-refractivity contribution < 1.29 is 16.8 Å². The van der Waals surface area contributed by atoms with Crippen molar-refractivity contribution in [2.45, 2.75) is 42.5 Å². The first kappa shape index (κ1) is 19.9. The molecule has 9 heteroatoms. The van der Waals surface area contributed by atoms with Gasteiger partial charge in [0.05, 0.1) is 32.2 Å². The van der Waals surface area contributed by atoms with Gasteiger partial charge in [0.25, 0.3) is 0 Å². The van der Waals surface area contributed by atoms with Crippen LogP contribution in [0.3, 0.4) is 0 Å². The van der Waals surface area contributed by atoms with Crippen LogP contribution in [0, 0.1) is 0 Å². The van der Waals surface area contributed by atoms with Gasteiger partial charge in [0, 0.05) is 23.8 Å². The molecule has 0 saturated carbocycles. The van der Waals surface area contributed by atoms with E-state index in [2.05, 4.69) is 24.1 Å². The minimum atomic E-state index is -3.60. The summed E-state index contributed by atoms with van der Waals surface area (Å²) in [6.45, 7) is 6.01. The highest BCUT2D eigenvalue weighted by atomic mass is 32.2. The molecule has 0 amide bonds. The van der Waals surface area contributed by atoms with Crippen molar-refractivity contribution in [2.75, 3.05) is 17.8 Å². The first-order valence-corrected chi connectivity index (χ1v) is 12.3. The van der Waals surface area contributed by atoms with E-state index in [1.54, 1.807) is 11.3 Å². The van der Waals surface area contributed by atoms with E-state index in [-0.39, 0.29) is 15.8 Å². The Morgan fingerprint density at radius 1 is 1.04 bits per heavy atom. The summed E-state index contributed by atoms with van der Waals surface area (Å²) in [5.74, 6) is 0.326. The van der Waals surface area contributed by atoms with Crippen LogP contribution in [0.15, 0.2) is 33.4 Å². The van der Waals surface area contributed by atoms with Gasteiger partial charge in [-0.1, -0.05) is 13.8 Å². The van der Waals surface area contributed by atoms with Crippen molar-refractivity contribution in [3.8, 4) is 0 Å². The van der Waals surface area contributed by atoms with Crippen LogP contribution < -0.4 is 5.32 Å². The normalized spacial score (nSPS) is 13.8. The summed E-state index contributed by atoms with van der Waals surface area (Å²) in [7, 11) is -7.09. The highest BCUT2D eigenvalue weighted by Gasteiger charge is 2.20. The van der Waals surface area contributed by atoms with Gasteiger partial charge in [-0.2, -0.15) is 0 Å². The van der Waals surface area contributed by atoms with Crippen LogP contribution in [0.2, 0.25) is 0 Å². The molecule has 1 aromatic carbocycles. The molecular weight excluding hydrogens is 380 g/mol. The molecule has 0 aliphatic carbocycles. The number of benzene rings is 1. The number of nitrogens with one attached hydrogen (secondary N) is 1. The summed E-state index contributed by atoms with van der Waals surface area (Å²) in [6, 6.07) is 3.87. The molecule has 2 aromatic rings. The van der Waals surface area contributed by atoms with Gasteiger partial charge in [-0.25, -0.2) is 21.8 Å². The SMILES string of the molecule is CC(C)c1nc([C@@H](C)Nc2ccc(S(C)(=O)=O)cc2S(C)(=O)=O)cs1. The largest absolute Gasteiger partial charge is 0.376 e. The molecular formula is C16H22N2O4S3. The van der Waals surface area contributed by atoms with Crippen molar-refractivity contribution in [2.24, 2.45) is 0 Å². The molecule has 0 spiro atoms. The van der Waals surface area contributed by atoms with Gasteiger partial charge in [-0.05, 0) is 25.1 Å². The highest BCUT2D eigenvalue weighted by molar-refractivity contribution is 7.91. The summed E-state index contributed by atoms with van der Waals surface area (Å²) in [4.78, 5) is 4.50. The van der Waals surface area contributed by atoms with Crippen molar-refractivity contribution in [3.63, 3.8) is 0 Å². The zero-order chi connectivity index (χ0) is 19.0. The van der Waals surface area contributed by atoms with Gasteiger partial charge >= 0.3 is 0 Å². The summed E-state index contributed by atoms with van der Waals surface area (Å²) in [5, 5.41) is 6.09. The number of thiazole rings is 1. The van der Waals surface area contributed by atoms with E-state index < -0.39 is 19.7 Å². The third kappa shape index (κ3) is 4.80. The van der Waals surface area contributed by atoms with E-state index >= 15 is 0 Å². The van der Waals surface area contributed by atoms with E-state index in [1.807, 2.05) is 12.3 Å². The molecule has 0 radical (unpaired) electrons. The minimum Gasteiger partial charge on any atom is -0.376 e. The molecule has 25 heavy (non-hydrogen) atoms. The summed E-state index contributed by atoms with van der Waals surface area (Å²) in [5.41, 5.74) is 1.18. The molecule has 1 N–H and O–H groups in total.